The summed E-state index contributed by atoms with van der Waals surface area (Å²) in [6.45, 7) is 10.4. The van der Waals surface area contributed by atoms with Gasteiger partial charge in [0.1, 0.15) is 13.1 Å². The topological polar surface area (TPSA) is 27.7 Å². The van der Waals surface area contributed by atoms with Gasteiger partial charge in [0.15, 0.2) is 0 Å². The summed E-state index contributed by atoms with van der Waals surface area (Å²) in [5.74, 6) is 0.775. The maximum atomic E-state index is 6.00. The average molecular weight is 455 g/mol. The molecule has 0 radical (unpaired) electrons. The Bertz CT molecular complexity index is 425. The Labute approximate surface area is 200 Å². The molecule has 0 aliphatic carbocycles. The Morgan fingerprint density at radius 3 is 2.06 bits per heavy atom. The highest BCUT2D eigenvalue weighted by molar-refractivity contribution is 4.73. The van der Waals surface area contributed by atoms with Crippen molar-refractivity contribution in [2.24, 2.45) is 5.92 Å². The number of hydrogen-bond acceptors (Lipinski definition) is 3. The lowest BCUT2D eigenvalue weighted by atomic mass is 9.97. The van der Waals surface area contributed by atoms with Gasteiger partial charge in [0, 0.05) is 13.2 Å². The van der Waals surface area contributed by atoms with Crippen LogP contribution in [0.2, 0.25) is 0 Å². The Morgan fingerprint density at radius 2 is 1.41 bits per heavy atom. The number of unbranched alkanes of at least 4 members (excludes halogenated alkanes) is 12. The molecule has 2 saturated heterocycles. The monoisotopic (exact) mass is 454 g/mol. The second kappa shape index (κ2) is 18.2. The summed E-state index contributed by atoms with van der Waals surface area (Å²) in [6, 6.07) is 0. The van der Waals surface area contributed by atoms with E-state index in [2.05, 4.69) is 14.0 Å². The van der Waals surface area contributed by atoms with E-state index in [9.17, 15) is 0 Å². The average Bonchev–Trinajstić information content (AvgIpc) is 3.25. The number of nitrogens with zero attached hydrogens (tertiary/aromatic N) is 1. The van der Waals surface area contributed by atoms with Crippen LogP contribution in [-0.4, -0.2) is 70.3 Å². The molecule has 190 valence electrons. The molecule has 4 heteroatoms. The lowest BCUT2D eigenvalue weighted by Gasteiger charge is -2.37. The maximum Gasteiger partial charge on any atom is 0.102 e. The van der Waals surface area contributed by atoms with Crippen molar-refractivity contribution in [1.29, 1.82) is 0 Å². The fraction of sp³-hybridized carbons (Fsp3) is 1.00. The van der Waals surface area contributed by atoms with Gasteiger partial charge in [-0.15, -0.1) is 0 Å². The molecule has 2 atom stereocenters. The van der Waals surface area contributed by atoms with Gasteiger partial charge >= 0.3 is 0 Å². The van der Waals surface area contributed by atoms with Crippen molar-refractivity contribution < 1.29 is 18.7 Å². The zero-order valence-electron chi connectivity index (χ0n) is 21.8. The molecular formula is C28H56NO3+. The summed E-state index contributed by atoms with van der Waals surface area (Å²) in [4.78, 5) is 0. The summed E-state index contributed by atoms with van der Waals surface area (Å²) in [5.41, 5.74) is 0. The van der Waals surface area contributed by atoms with Crippen LogP contribution in [0.3, 0.4) is 0 Å². The van der Waals surface area contributed by atoms with E-state index in [-0.39, 0.29) is 0 Å². The van der Waals surface area contributed by atoms with Crippen LogP contribution in [0.5, 0.6) is 0 Å². The molecule has 2 fully saturated rings. The second-order valence-electron chi connectivity index (χ2n) is 10.9. The van der Waals surface area contributed by atoms with Crippen molar-refractivity contribution in [3.05, 3.63) is 0 Å². The van der Waals surface area contributed by atoms with Crippen molar-refractivity contribution in [3.8, 4) is 0 Å². The van der Waals surface area contributed by atoms with Crippen LogP contribution in [0.1, 0.15) is 110 Å². The molecule has 2 heterocycles. The van der Waals surface area contributed by atoms with Crippen LogP contribution in [0, 0.1) is 5.92 Å². The molecule has 0 aromatic heterocycles. The zero-order chi connectivity index (χ0) is 22.7. The lowest BCUT2D eigenvalue weighted by Crippen LogP contribution is -2.52. The minimum atomic E-state index is 0.348. The molecule has 0 amide bonds. The van der Waals surface area contributed by atoms with Gasteiger partial charge in [0.05, 0.1) is 39.5 Å². The van der Waals surface area contributed by atoms with Gasteiger partial charge in [0.2, 0.25) is 0 Å². The van der Waals surface area contributed by atoms with Crippen LogP contribution >= 0.6 is 0 Å². The van der Waals surface area contributed by atoms with Crippen LogP contribution in [0.15, 0.2) is 0 Å². The van der Waals surface area contributed by atoms with E-state index in [4.69, 9.17) is 14.2 Å². The minimum absolute atomic E-state index is 0.348. The van der Waals surface area contributed by atoms with Gasteiger partial charge in [-0.1, -0.05) is 84.0 Å². The Balaban J connectivity index is 1.32. The standard InChI is InChI=1S/C28H56NO3/c1-3-4-5-6-7-8-9-10-11-12-13-14-17-27-24-28(32-25-27)26-31-21-16-15-18-29(2)19-22-30-23-20-29/h27-28H,3-26H2,1-2H3/q+1/t27-,28+/m1/s1. The van der Waals surface area contributed by atoms with Gasteiger partial charge < -0.3 is 18.7 Å². The van der Waals surface area contributed by atoms with Crippen molar-refractivity contribution in [3.63, 3.8) is 0 Å². The van der Waals surface area contributed by atoms with Crippen molar-refractivity contribution in [1.82, 2.24) is 0 Å². The first-order valence-electron chi connectivity index (χ1n) is 14.3. The summed E-state index contributed by atoms with van der Waals surface area (Å²) in [5, 5.41) is 0. The predicted molar refractivity (Wildman–Crippen MR) is 135 cm³/mol. The fourth-order valence-corrected chi connectivity index (χ4v) is 5.29. The SMILES string of the molecule is CCCCCCCCCCCCCC[C@H]1CO[C@H](COCCCC[N+]2(C)CCOCC2)C1. The van der Waals surface area contributed by atoms with E-state index in [1.54, 1.807) is 0 Å². The third-order valence-corrected chi connectivity index (χ3v) is 7.72. The number of hydrogen-bond donors (Lipinski definition) is 0. The molecule has 0 aromatic carbocycles. The van der Waals surface area contributed by atoms with Gasteiger partial charge in [-0.3, -0.25) is 0 Å². The first-order chi connectivity index (χ1) is 15.7. The first-order valence-corrected chi connectivity index (χ1v) is 14.3. The highest BCUT2D eigenvalue weighted by Crippen LogP contribution is 2.25. The zero-order valence-corrected chi connectivity index (χ0v) is 21.8. The smallest absolute Gasteiger partial charge is 0.102 e. The Morgan fingerprint density at radius 1 is 0.781 bits per heavy atom. The van der Waals surface area contributed by atoms with Crippen molar-refractivity contribution in [2.75, 3.05) is 59.7 Å². The molecule has 32 heavy (non-hydrogen) atoms. The fourth-order valence-electron chi connectivity index (χ4n) is 5.29. The molecule has 0 spiro atoms. The van der Waals surface area contributed by atoms with Gasteiger partial charge in [0.25, 0.3) is 0 Å². The van der Waals surface area contributed by atoms with Gasteiger partial charge in [-0.2, -0.15) is 0 Å². The molecule has 0 N–H and O–H groups in total. The van der Waals surface area contributed by atoms with E-state index < -0.39 is 0 Å². The number of morpholine rings is 1. The van der Waals surface area contributed by atoms with Crippen LogP contribution < -0.4 is 0 Å². The summed E-state index contributed by atoms with van der Waals surface area (Å²) in [7, 11) is 2.37. The summed E-state index contributed by atoms with van der Waals surface area (Å²) in [6.07, 6.45) is 22.5. The van der Waals surface area contributed by atoms with Gasteiger partial charge in [-0.25, -0.2) is 0 Å². The highest BCUT2D eigenvalue weighted by Gasteiger charge is 2.26. The quantitative estimate of drug-likeness (QED) is 0.150. The molecule has 4 nitrogen and oxygen atoms in total. The third kappa shape index (κ3) is 13.5. The Kier molecular flexibility index (Phi) is 16.0. The number of ether oxygens (including phenoxy) is 3. The molecule has 2 rings (SSSR count). The van der Waals surface area contributed by atoms with E-state index in [0.717, 1.165) is 52.0 Å². The van der Waals surface area contributed by atoms with Crippen LogP contribution in [-0.2, 0) is 14.2 Å². The van der Waals surface area contributed by atoms with E-state index >= 15 is 0 Å². The predicted octanol–water partition coefficient (Wildman–Crippen LogP) is 6.76. The first kappa shape index (κ1) is 28.1. The van der Waals surface area contributed by atoms with Crippen molar-refractivity contribution in [2.45, 2.75) is 116 Å². The largest absolute Gasteiger partial charge is 0.379 e. The maximum absolute atomic E-state index is 6.00. The molecule has 0 saturated carbocycles. The Hall–Kier alpha value is -0.160. The normalized spacial score (nSPS) is 23.1. The third-order valence-electron chi connectivity index (χ3n) is 7.72. The summed E-state index contributed by atoms with van der Waals surface area (Å²) < 4.78 is 18.6. The number of quaternary nitrogens is 1. The number of rotatable bonds is 20. The summed E-state index contributed by atoms with van der Waals surface area (Å²) >= 11 is 0. The molecule has 2 aliphatic heterocycles. The van der Waals surface area contributed by atoms with Crippen molar-refractivity contribution >= 4 is 0 Å². The minimum Gasteiger partial charge on any atom is -0.379 e. The highest BCUT2D eigenvalue weighted by atomic mass is 16.5. The van der Waals surface area contributed by atoms with E-state index in [1.807, 2.05) is 0 Å². The molecule has 0 bridgehead atoms. The molecular weight excluding hydrogens is 398 g/mol. The van der Waals surface area contributed by atoms with Crippen LogP contribution in [0.4, 0.5) is 0 Å². The molecule has 0 unspecified atom stereocenters. The number of likely N-dealkylation sites (N-methyl/N-ethyl adjacent to an activating group) is 1. The van der Waals surface area contributed by atoms with Crippen LogP contribution in [0.25, 0.3) is 0 Å². The van der Waals surface area contributed by atoms with E-state index in [0.29, 0.717) is 6.10 Å². The van der Waals surface area contributed by atoms with E-state index in [1.165, 1.54) is 114 Å². The van der Waals surface area contributed by atoms with Gasteiger partial charge in [-0.05, 0) is 31.6 Å². The second-order valence-corrected chi connectivity index (χ2v) is 10.9. The molecule has 2 aliphatic rings. The molecule has 0 aromatic rings. The lowest BCUT2D eigenvalue weighted by molar-refractivity contribution is -0.917.